The van der Waals surface area contributed by atoms with Gasteiger partial charge in [-0.1, -0.05) is 30.3 Å². The van der Waals surface area contributed by atoms with Gasteiger partial charge in [-0.3, -0.25) is 4.72 Å². The first-order valence-corrected chi connectivity index (χ1v) is 9.06. The molecule has 0 amide bonds. The Morgan fingerprint density at radius 3 is 2.44 bits per heavy atom. The minimum atomic E-state index is -5.54. The largest absolute Gasteiger partial charge is 0.516 e. The lowest BCUT2D eigenvalue weighted by molar-refractivity contribution is -0.0429. The molecule has 1 aromatic heterocycles. The molecule has 0 aliphatic rings. The fourth-order valence-corrected chi connectivity index (χ4v) is 3.24. The standard InChI is InChI=1S/C17H13F3N2O4S/c18-17(19,20)27(25,26)21-13-6-3-4-11(8-13)10-22-14-7-2-1-5-12(14)9-15(22)16(23)24/h1-9,21H,10H2,(H,23,24). The topological polar surface area (TPSA) is 88.4 Å². The maximum absolute atomic E-state index is 12.5. The highest BCUT2D eigenvalue weighted by atomic mass is 32.2. The predicted molar refractivity (Wildman–Crippen MR) is 93.0 cm³/mol. The van der Waals surface area contributed by atoms with E-state index in [1.165, 1.54) is 33.6 Å². The lowest BCUT2D eigenvalue weighted by Crippen LogP contribution is -2.29. The summed E-state index contributed by atoms with van der Waals surface area (Å²) in [5.41, 5.74) is -4.62. The van der Waals surface area contributed by atoms with E-state index in [0.29, 0.717) is 16.5 Å². The molecule has 0 radical (unpaired) electrons. The number of aromatic nitrogens is 1. The van der Waals surface area contributed by atoms with Crippen LogP contribution in [0, 0.1) is 0 Å². The van der Waals surface area contributed by atoms with Crippen LogP contribution in [0.2, 0.25) is 0 Å². The molecule has 10 heteroatoms. The maximum atomic E-state index is 12.5. The zero-order valence-electron chi connectivity index (χ0n) is 13.6. The summed E-state index contributed by atoms with van der Waals surface area (Å²) in [5, 5.41) is 10.1. The summed E-state index contributed by atoms with van der Waals surface area (Å²) in [5.74, 6) is -1.15. The number of hydrogen-bond acceptors (Lipinski definition) is 3. The Hall–Kier alpha value is -3.01. The van der Waals surface area contributed by atoms with Crippen LogP contribution in [0.4, 0.5) is 18.9 Å². The van der Waals surface area contributed by atoms with E-state index in [0.717, 1.165) is 0 Å². The highest BCUT2D eigenvalue weighted by molar-refractivity contribution is 7.93. The number of carboxylic acid groups (broad SMARTS) is 1. The van der Waals surface area contributed by atoms with E-state index in [2.05, 4.69) is 0 Å². The van der Waals surface area contributed by atoms with Crippen molar-refractivity contribution >= 4 is 32.6 Å². The van der Waals surface area contributed by atoms with Gasteiger partial charge in [0.05, 0.1) is 0 Å². The quantitative estimate of drug-likeness (QED) is 0.687. The monoisotopic (exact) mass is 398 g/mol. The number of carboxylic acids is 1. The Bertz CT molecular complexity index is 1120. The van der Waals surface area contributed by atoms with Crippen molar-refractivity contribution in [2.24, 2.45) is 0 Å². The van der Waals surface area contributed by atoms with E-state index in [4.69, 9.17) is 0 Å². The summed E-state index contributed by atoms with van der Waals surface area (Å²) in [4.78, 5) is 11.5. The van der Waals surface area contributed by atoms with Crippen LogP contribution in [0.1, 0.15) is 16.1 Å². The number of para-hydroxylation sites is 1. The lowest BCUT2D eigenvalue weighted by Gasteiger charge is -2.13. The van der Waals surface area contributed by atoms with Crippen molar-refractivity contribution in [2.75, 3.05) is 4.72 Å². The van der Waals surface area contributed by atoms with Crippen molar-refractivity contribution < 1.29 is 31.5 Å². The number of nitrogens with zero attached hydrogens (tertiary/aromatic N) is 1. The van der Waals surface area contributed by atoms with Crippen LogP contribution >= 0.6 is 0 Å². The van der Waals surface area contributed by atoms with Crippen LogP contribution in [0.25, 0.3) is 10.9 Å². The first-order valence-electron chi connectivity index (χ1n) is 7.58. The van der Waals surface area contributed by atoms with Gasteiger partial charge in [0.25, 0.3) is 0 Å². The average molecular weight is 398 g/mol. The Labute approximate surface area is 151 Å². The van der Waals surface area contributed by atoms with E-state index in [-0.39, 0.29) is 17.9 Å². The molecule has 0 fully saturated rings. The molecule has 142 valence electrons. The fraction of sp³-hybridized carbons (Fsp3) is 0.118. The number of fused-ring (bicyclic) bond motifs is 1. The van der Waals surface area contributed by atoms with Gasteiger partial charge >= 0.3 is 21.5 Å². The number of nitrogens with one attached hydrogen (secondary N) is 1. The minimum Gasteiger partial charge on any atom is -0.477 e. The third-order valence-corrected chi connectivity index (χ3v) is 4.97. The first kappa shape index (κ1) is 18.8. The zero-order valence-corrected chi connectivity index (χ0v) is 14.4. The van der Waals surface area contributed by atoms with Crippen LogP contribution in [-0.2, 0) is 16.6 Å². The number of anilines is 1. The van der Waals surface area contributed by atoms with Crippen molar-refractivity contribution in [3.05, 3.63) is 65.9 Å². The summed E-state index contributed by atoms with van der Waals surface area (Å²) in [6.45, 7) is 0.0384. The van der Waals surface area contributed by atoms with Crippen molar-refractivity contribution in [2.45, 2.75) is 12.1 Å². The molecule has 0 unspecified atom stereocenters. The van der Waals surface area contributed by atoms with Crippen LogP contribution in [0.3, 0.4) is 0 Å². The summed E-state index contributed by atoms with van der Waals surface area (Å²) in [6.07, 6.45) is 0. The van der Waals surface area contributed by atoms with E-state index < -0.39 is 21.5 Å². The Balaban J connectivity index is 1.97. The van der Waals surface area contributed by atoms with Gasteiger partial charge < -0.3 is 9.67 Å². The molecule has 0 aliphatic carbocycles. The van der Waals surface area contributed by atoms with Gasteiger partial charge in [-0.25, -0.2) is 4.79 Å². The molecule has 0 atom stereocenters. The number of carbonyl (C=O) groups is 1. The predicted octanol–water partition coefficient (Wildman–Crippen LogP) is 3.65. The summed E-state index contributed by atoms with van der Waals surface area (Å²) in [7, 11) is -5.54. The molecule has 0 saturated carbocycles. The SMILES string of the molecule is O=C(O)c1cc2ccccc2n1Cc1cccc(NS(=O)(=O)C(F)(F)F)c1. The molecule has 2 aromatic carbocycles. The number of aromatic carboxylic acids is 1. The molecular weight excluding hydrogens is 385 g/mol. The van der Waals surface area contributed by atoms with Gasteiger partial charge in [0.2, 0.25) is 0 Å². The third kappa shape index (κ3) is 3.75. The number of alkyl halides is 3. The van der Waals surface area contributed by atoms with E-state index in [1.54, 1.807) is 30.3 Å². The van der Waals surface area contributed by atoms with Gasteiger partial charge in [-0.15, -0.1) is 0 Å². The van der Waals surface area contributed by atoms with Crippen LogP contribution in [0.15, 0.2) is 54.6 Å². The number of benzene rings is 2. The minimum absolute atomic E-state index is 0.0116. The molecular formula is C17H13F3N2O4S. The molecule has 1 heterocycles. The van der Waals surface area contributed by atoms with Crippen molar-refractivity contribution in [3.8, 4) is 0 Å². The van der Waals surface area contributed by atoms with E-state index >= 15 is 0 Å². The van der Waals surface area contributed by atoms with Gasteiger partial charge in [-0.2, -0.15) is 21.6 Å². The highest BCUT2D eigenvalue weighted by Crippen LogP contribution is 2.26. The molecule has 3 rings (SSSR count). The van der Waals surface area contributed by atoms with Gasteiger partial charge in [0.1, 0.15) is 5.69 Å². The number of rotatable bonds is 5. The third-order valence-electron chi connectivity index (χ3n) is 3.85. The second kappa shape index (κ2) is 6.62. The molecule has 0 spiro atoms. The van der Waals surface area contributed by atoms with Crippen molar-refractivity contribution in [1.82, 2.24) is 4.57 Å². The Morgan fingerprint density at radius 1 is 1.07 bits per heavy atom. The van der Waals surface area contributed by atoms with Gasteiger partial charge in [0, 0.05) is 23.1 Å². The highest BCUT2D eigenvalue weighted by Gasteiger charge is 2.46. The fourth-order valence-electron chi connectivity index (χ4n) is 2.69. The second-order valence-electron chi connectivity index (χ2n) is 5.73. The smallest absolute Gasteiger partial charge is 0.477 e. The van der Waals surface area contributed by atoms with Gasteiger partial charge in [-0.05, 0) is 29.8 Å². The number of halogens is 3. The normalized spacial score (nSPS) is 12.3. The Morgan fingerprint density at radius 2 is 1.78 bits per heavy atom. The Kier molecular flexibility index (Phi) is 4.60. The zero-order chi connectivity index (χ0) is 19.8. The van der Waals surface area contributed by atoms with Crippen LogP contribution < -0.4 is 4.72 Å². The van der Waals surface area contributed by atoms with E-state index in [1.807, 2.05) is 0 Å². The average Bonchev–Trinajstić information content (AvgIpc) is 2.93. The molecule has 0 bridgehead atoms. The second-order valence-corrected chi connectivity index (χ2v) is 7.41. The first-order chi connectivity index (χ1) is 12.6. The molecule has 27 heavy (non-hydrogen) atoms. The van der Waals surface area contributed by atoms with Crippen molar-refractivity contribution in [3.63, 3.8) is 0 Å². The van der Waals surface area contributed by atoms with Crippen LogP contribution in [-0.4, -0.2) is 29.6 Å². The van der Waals surface area contributed by atoms with E-state index in [9.17, 15) is 31.5 Å². The molecule has 3 aromatic rings. The summed E-state index contributed by atoms with van der Waals surface area (Å²) < 4.78 is 63.0. The number of hydrogen-bond donors (Lipinski definition) is 2. The molecule has 2 N–H and O–H groups in total. The maximum Gasteiger partial charge on any atom is 0.516 e. The number of sulfonamides is 1. The van der Waals surface area contributed by atoms with Crippen molar-refractivity contribution in [1.29, 1.82) is 0 Å². The summed E-state index contributed by atoms with van der Waals surface area (Å²) in [6, 6.07) is 13.8. The lowest BCUT2D eigenvalue weighted by atomic mass is 10.2. The molecule has 0 saturated heterocycles. The molecule has 6 nitrogen and oxygen atoms in total. The van der Waals surface area contributed by atoms with Gasteiger partial charge in [0.15, 0.2) is 0 Å². The molecule has 0 aliphatic heterocycles. The summed E-state index contributed by atoms with van der Waals surface area (Å²) >= 11 is 0. The van der Waals surface area contributed by atoms with Crippen LogP contribution in [0.5, 0.6) is 0 Å².